The smallest absolute Gasteiger partial charge is 0.221 e. The van der Waals surface area contributed by atoms with Gasteiger partial charge in [0.05, 0.1) is 6.10 Å². The lowest BCUT2D eigenvalue weighted by Gasteiger charge is -2.36. The van der Waals surface area contributed by atoms with Crippen molar-refractivity contribution in [2.24, 2.45) is 5.92 Å². The highest BCUT2D eigenvalue weighted by Gasteiger charge is 2.27. The number of hydrogen-bond donors (Lipinski definition) is 4. The van der Waals surface area contributed by atoms with E-state index in [9.17, 15) is 9.90 Å². The predicted molar refractivity (Wildman–Crippen MR) is 113 cm³/mol. The number of carbonyl (C=O) groups excluding carboxylic acids is 1. The molecule has 1 atom stereocenters. The second kappa shape index (κ2) is 8.64. The van der Waals surface area contributed by atoms with E-state index in [2.05, 4.69) is 32.8 Å². The number of carbonyl (C=O) groups is 1. The van der Waals surface area contributed by atoms with Crippen LogP contribution in [0.4, 0.5) is 5.69 Å². The van der Waals surface area contributed by atoms with E-state index in [1.807, 2.05) is 12.1 Å². The Morgan fingerprint density at radius 2 is 2.00 bits per heavy atom. The van der Waals surface area contributed by atoms with Crippen molar-refractivity contribution >= 4 is 22.5 Å². The van der Waals surface area contributed by atoms with E-state index in [1.54, 1.807) is 0 Å². The number of aliphatic hydroxyl groups excluding tert-OH is 1. The molecule has 28 heavy (non-hydrogen) atoms. The molecule has 3 heterocycles. The Morgan fingerprint density at radius 1 is 1.25 bits per heavy atom. The molecule has 0 aliphatic carbocycles. The molecule has 1 aromatic heterocycles. The SMILES string of the molecule is CC(=O)Nc1ccc2[nH]cc(C3CCN(CC(O)C4CCNCC4)CC3)c2c1. The molecule has 4 N–H and O–H groups in total. The fourth-order valence-electron chi connectivity index (χ4n) is 4.83. The van der Waals surface area contributed by atoms with Crippen LogP contribution in [0, 0.1) is 5.92 Å². The van der Waals surface area contributed by atoms with Crippen LogP contribution in [-0.2, 0) is 4.79 Å². The number of β-amino-alcohol motifs (C(OH)–C–C–N with tert-alkyl or cyclic N) is 1. The summed E-state index contributed by atoms with van der Waals surface area (Å²) in [5.74, 6) is 0.922. The zero-order valence-electron chi connectivity index (χ0n) is 16.7. The minimum atomic E-state index is -0.202. The first-order chi connectivity index (χ1) is 13.6. The summed E-state index contributed by atoms with van der Waals surface area (Å²) >= 11 is 0. The fourth-order valence-corrected chi connectivity index (χ4v) is 4.83. The maximum Gasteiger partial charge on any atom is 0.221 e. The van der Waals surface area contributed by atoms with Gasteiger partial charge in [-0.05, 0) is 87.5 Å². The van der Waals surface area contributed by atoms with Gasteiger partial charge in [-0.3, -0.25) is 4.79 Å². The molecule has 2 aliphatic rings. The summed E-state index contributed by atoms with van der Waals surface area (Å²) in [5.41, 5.74) is 3.32. The molecular weight excluding hydrogens is 352 g/mol. The molecule has 1 amide bonds. The Hall–Kier alpha value is -1.89. The molecule has 2 aromatic rings. The van der Waals surface area contributed by atoms with E-state index in [1.165, 1.54) is 17.9 Å². The molecular formula is C22H32N4O2. The predicted octanol–water partition coefficient (Wildman–Crippen LogP) is 2.67. The number of piperidine rings is 2. The number of fused-ring (bicyclic) bond motifs is 1. The number of benzene rings is 1. The Morgan fingerprint density at radius 3 is 2.71 bits per heavy atom. The molecule has 0 bridgehead atoms. The van der Waals surface area contributed by atoms with Gasteiger partial charge in [0, 0.05) is 36.3 Å². The van der Waals surface area contributed by atoms with Gasteiger partial charge in [0.15, 0.2) is 0 Å². The summed E-state index contributed by atoms with van der Waals surface area (Å²) in [7, 11) is 0. The summed E-state index contributed by atoms with van der Waals surface area (Å²) in [4.78, 5) is 17.2. The minimum absolute atomic E-state index is 0.0444. The van der Waals surface area contributed by atoms with Gasteiger partial charge in [-0.25, -0.2) is 0 Å². The highest BCUT2D eigenvalue weighted by atomic mass is 16.3. The molecule has 0 saturated carbocycles. The Labute approximate surface area is 166 Å². The van der Waals surface area contributed by atoms with Crippen LogP contribution >= 0.6 is 0 Å². The van der Waals surface area contributed by atoms with Gasteiger partial charge in [0.1, 0.15) is 0 Å². The quantitative estimate of drug-likeness (QED) is 0.639. The summed E-state index contributed by atoms with van der Waals surface area (Å²) in [5, 5.41) is 18.1. The van der Waals surface area contributed by atoms with E-state index in [0.717, 1.165) is 69.6 Å². The number of aliphatic hydroxyl groups is 1. The number of hydrogen-bond acceptors (Lipinski definition) is 4. The molecule has 0 radical (unpaired) electrons. The first kappa shape index (κ1) is 19.4. The summed E-state index contributed by atoms with van der Waals surface area (Å²) in [6.07, 6.45) is 6.32. The zero-order chi connectivity index (χ0) is 19.5. The largest absolute Gasteiger partial charge is 0.392 e. The molecule has 0 spiro atoms. The normalized spacial score (nSPS) is 21.1. The van der Waals surface area contributed by atoms with E-state index in [4.69, 9.17) is 0 Å². The molecule has 4 rings (SSSR count). The summed E-state index contributed by atoms with van der Waals surface area (Å²) in [6.45, 7) is 6.47. The number of nitrogens with zero attached hydrogens (tertiary/aromatic N) is 1. The number of likely N-dealkylation sites (tertiary alicyclic amines) is 1. The monoisotopic (exact) mass is 384 g/mol. The van der Waals surface area contributed by atoms with Crippen LogP contribution in [0.3, 0.4) is 0 Å². The lowest BCUT2D eigenvalue weighted by Crippen LogP contribution is -2.43. The molecule has 1 aromatic carbocycles. The van der Waals surface area contributed by atoms with Crippen LogP contribution in [0.15, 0.2) is 24.4 Å². The summed E-state index contributed by atoms with van der Waals surface area (Å²) < 4.78 is 0. The highest BCUT2D eigenvalue weighted by molar-refractivity contribution is 5.93. The lowest BCUT2D eigenvalue weighted by atomic mass is 9.88. The van der Waals surface area contributed by atoms with Crippen LogP contribution in [0.5, 0.6) is 0 Å². The second-order valence-corrected chi connectivity index (χ2v) is 8.42. The van der Waals surface area contributed by atoms with E-state index in [-0.39, 0.29) is 12.0 Å². The number of aromatic nitrogens is 1. The van der Waals surface area contributed by atoms with Gasteiger partial charge < -0.3 is 25.6 Å². The molecule has 6 nitrogen and oxygen atoms in total. The van der Waals surface area contributed by atoms with Crippen molar-refractivity contribution in [1.82, 2.24) is 15.2 Å². The zero-order valence-corrected chi connectivity index (χ0v) is 16.7. The van der Waals surface area contributed by atoms with Crippen molar-refractivity contribution in [3.05, 3.63) is 30.0 Å². The molecule has 2 aliphatic heterocycles. The third kappa shape index (κ3) is 4.40. The number of rotatable bonds is 5. The molecule has 2 saturated heterocycles. The number of amides is 1. The van der Waals surface area contributed by atoms with Gasteiger partial charge in [-0.1, -0.05) is 0 Å². The minimum Gasteiger partial charge on any atom is -0.392 e. The third-order valence-corrected chi connectivity index (χ3v) is 6.43. The van der Waals surface area contributed by atoms with Crippen LogP contribution in [-0.4, -0.2) is 59.7 Å². The second-order valence-electron chi connectivity index (χ2n) is 8.42. The Balaban J connectivity index is 1.37. The van der Waals surface area contributed by atoms with Gasteiger partial charge >= 0.3 is 0 Å². The van der Waals surface area contributed by atoms with Crippen molar-refractivity contribution in [1.29, 1.82) is 0 Å². The first-order valence-electron chi connectivity index (χ1n) is 10.6. The van der Waals surface area contributed by atoms with Crippen molar-refractivity contribution in [3.63, 3.8) is 0 Å². The van der Waals surface area contributed by atoms with E-state index < -0.39 is 0 Å². The summed E-state index contributed by atoms with van der Waals surface area (Å²) in [6, 6.07) is 6.05. The maximum absolute atomic E-state index is 11.4. The lowest BCUT2D eigenvalue weighted by molar-refractivity contribution is -0.114. The number of H-pyrrole nitrogens is 1. The van der Waals surface area contributed by atoms with Crippen LogP contribution < -0.4 is 10.6 Å². The molecule has 2 fully saturated rings. The van der Waals surface area contributed by atoms with Crippen LogP contribution in [0.2, 0.25) is 0 Å². The fraction of sp³-hybridized carbons (Fsp3) is 0.591. The molecule has 152 valence electrons. The third-order valence-electron chi connectivity index (χ3n) is 6.43. The molecule has 1 unspecified atom stereocenters. The standard InChI is InChI=1S/C22H32N4O2/c1-15(27)25-18-2-3-21-19(12-18)20(13-24-21)16-6-10-26(11-7-16)14-22(28)17-4-8-23-9-5-17/h2-3,12-13,16-17,22-24,28H,4-11,14H2,1H3,(H,25,27). The van der Waals surface area contributed by atoms with E-state index in [0.29, 0.717) is 11.8 Å². The van der Waals surface area contributed by atoms with Crippen molar-refractivity contribution in [3.8, 4) is 0 Å². The van der Waals surface area contributed by atoms with E-state index >= 15 is 0 Å². The Kier molecular flexibility index (Phi) is 5.99. The van der Waals surface area contributed by atoms with Crippen LogP contribution in [0.25, 0.3) is 10.9 Å². The first-order valence-corrected chi connectivity index (χ1v) is 10.6. The number of nitrogens with one attached hydrogen (secondary N) is 3. The van der Waals surface area contributed by atoms with Gasteiger partial charge in [0.2, 0.25) is 5.91 Å². The number of anilines is 1. The highest BCUT2D eigenvalue weighted by Crippen LogP contribution is 2.34. The number of aromatic amines is 1. The average molecular weight is 385 g/mol. The Bertz CT molecular complexity index is 804. The van der Waals surface area contributed by atoms with Crippen molar-refractivity contribution < 1.29 is 9.90 Å². The van der Waals surface area contributed by atoms with Gasteiger partial charge in [-0.15, -0.1) is 0 Å². The van der Waals surface area contributed by atoms with Crippen molar-refractivity contribution in [2.75, 3.05) is 38.0 Å². The van der Waals surface area contributed by atoms with Crippen LogP contribution in [0.1, 0.15) is 44.1 Å². The van der Waals surface area contributed by atoms with Gasteiger partial charge in [-0.2, -0.15) is 0 Å². The van der Waals surface area contributed by atoms with Gasteiger partial charge in [0.25, 0.3) is 0 Å². The topological polar surface area (TPSA) is 80.4 Å². The average Bonchev–Trinajstić information content (AvgIpc) is 3.12. The molecule has 6 heteroatoms. The maximum atomic E-state index is 11.4. The van der Waals surface area contributed by atoms with Crippen molar-refractivity contribution in [2.45, 2.75) is 44.6 Å².